The van der Waals surface area contributed by atoms with Gasteiger partial charge in [0.05, 0.1) is 11.3 Å². The van der Waals surface area contributed by atoms with Crippen molar-refractivity contribution in [3.8, 4) is 11.3 Å². The lowest BCUT2D eigenvalue weighted by atomic mass is 10.1. The number of anilines is 1. The number of thiazole rings is 1. The Balaban J connectivity index is 1.57. The van der Waals surface area contributed by atoms with Crippen LogP contribution in [-0.4, -0.2) is 15.9 Å². The zero-order valence-electron chi connectivity index (χ0n) is 12.4. The Kier molecular flexibility index (Phi) is 3.59. The highest BCUT2D eigenvalue weighted by atomic mass is 32.1. The van der Waals surface area contributed by atoms with Gasteiger partial charge >= 0.3 is 0 Å². The first-order chi connectivity index (χ1) is 11.7. The van der Waals surface area contributed by atoms with Crippen molar-refractivity contribution < 1.29 is 9.18 Å². The molecular weight excluding hydrogens is 325 g/mol. The number of halogens is 1. The first-order valence-electron chi connectivity index (χ1n) is 7.29. The summed E-state index contributed by atoms with van der Waals surface area (Å²) in [6.45, 7) is 0. The predicted molar refractivity (Wildman–Crippen MR) is 93.8 cm³/mol. The van der Waals surface area contributed by atoms with E-state index in [1.807, 2.05) is 29.6 Å². The molecule has 0 aliphatic rings. The van der Waals surface area contributed by atoms with E-state index < -0.39 is 0 Å². The van der Waals surface area contributed by atoms with Gasteiger partial charge in [0.25, 0.3) is 5.91 Å². The Morgan fingerprint density at radius 3 is 2.75 bits per heavy atom. The number of rotatable bonds is 3. The van der Waals surface area contributed by atoms with Gasteiger partial charge in [-0.25, -0.2) is 9.37 Å². The van der Waals surface area contributed by atoms with Gasteiger partial charge in [0.2, 0.25) is 0 Å². The van der Waals surface area contributed by atoms with Crippen molar-refractivity contribution in [2.45, 2.75) is 0 Å². The molecule has 0 radical (unpaired) electrons. The van der Waals surface area contributed by atoms with E-state index in [2.05, 4.69) is 15.3 Å². The van der Waals surface area contributed by atoms with Crippen LogP contribution in [0.3, 0.4) is 0 Å². The first kappa shape index (κ1) is 14.6. The van der Waals surface area contributed by atoms with E-state index in [9.17, 15) is 9.18 Å². The number of H-pyrrole nitrogens is 1. The van der Waals surface area contributed by atoms with Crippen LogP contribution in [0.1, 0.15) is 10.4 Å². The molecule has 0 bridgehead atoms. The minimum atomic E-state index is -0.290. The number of hydrogen-bond donors (Lipinski definition) is 2. The van der Waals surface area contributed by atoms with E-state index in [-0.39, 0.29) is 11.7 Å². The van der Waals surface area contributed by atoms with Gasteiger partial charge in [-0.15, -0.1) is 11.3 Å². The number of carbonyl (C=O) groups is 1. The molecule has 0 fully saturated rings. The van der Waals surface area contributed by atoms with Crippen LogP contribution in [0.5, 0.6) is 0 Å². The van der Waals surface area contributed by atoms with Gasteiger partial charge in [-0.2, -0.15) is 0 Å². The normalized spacial score (nSPS) is 10.9. The van der Waals surface area contributed by atoms with Crippen molar-refractivity contribution in [3.05, 3.63) is 71.5 Å². The fraction of sp³-hybridized carbons (Fsp3) is 0. The van der Waals surface area contributed by atoms with Crippen molar-refractivity contribution in [1.82, 2.24) is 9.97 Å². The number of aromatic amines is 1. The molecule has 0 spiro atoms. The molecule has 0 atom stereocenters. The summed E-state index contributed by atoms with van der Waals surface area (Å²) in [6.07, 6.45) is 1.69. The van der Waals surface area contributed by atoms with E-state index >= 15 is 0 Å². The van der Waals surface area contributed by atoms with Gasteiger partial charge in [0, 0.05) is 28.0 Å². The average molecular weight is 337 g/mol. The van der Waals surface area contributed by atoms with Crippen LogP contribution in [0, 0.1) is 5.82 Å². The molecule has 2 aromatic carbocycles. The quantitative estimate of drug-likeness (QED) is 0.570. The Labute approximate surface area is 141 Å². The molecule has 4 aromatic rings. The molecule has 24 heavy (non-hydrogen) atoms. The molecule has 2 aromatic heterocycles. The molecule has 4 rings (SSSR count). The fourth-order valence-corrected chi connectivity index (χ4v) is 3.22. The molecule has 6 heteroatoms. The second-order valence-electron chi connectivity index (χ2n) is 5.25. The van der Waals surface area contributed by atoms with E-state index in [0.717, 1.165) is 16.5 Å². The lowest BCUT2D eigenvalue weighted by molar-refractivity contribution is 0.102. The lowest BCUT2D eigenvalue weighted by Gasteiger charge is -2.00. The van der Waals surface area contributed by atoms with Gasteiger partial charge in [-0.05, 0) is 30.3 Å². The molecule has 0 aliphatic heterocycles. The lowest BCUT2D eigenvalue weighted by Crippen LogP contribution is -2.11. The molecule has 118 valence electrons. The van der Waals surface area contributed by atoms with Gasteiger partial charge < -0.3 is 4.98 Å². The van der Waals surface area contributed by atoms with Crippen LogP contribution >= 0.6 is 11.3 Å². The summed E-state index contributed by atoms with van der Waals surface area (Å²) in [4.78, 5) is 19.9. The van der Waals surface area contributed by atoms with Crippen molar-refractivity contribution in [3.63, 3.8) is 0 Å². The Hall–Kier alpha value is -2.99. The number of fused-ring (bicyclic) bond motifs is 1. The highest BCUT2D eigenvalue weighted by molar-refractivity contribution is 7.14. The number of hydrogen-bond acceptors (Lipinski definition) is 3. The number of nitrogens with zero attached hydrogens (tertiary/aromatic N) is 1. The highest BCUT2D eigenvalue weighted by Gasteiger charge is 2.14. The Morgan fingerprint density at radius 2 is 1.92 bits per heavy atom. The summed E-state index contributed by atoms with van der Waals surface area (Å²) in [5.74, 6) is -0.505. The largest absolute Gasteiger partial charge is 0.360 e. The van der Waals surface area contributed by atoms with Crippen LogP contribution in [0.2, 0.25) is 0 Å². The third kappa shape index (κ3) is 2.68. The summed E-state index contributed by atoms with van der Waals surface area (Å²) >= 11 is 1.33. The minimum Gasteiger partial charge on any atom is -0.360 e. The molecule has 2 heterocycles. The molecule has 1 amide bonds. The molecule has 0 saturated carbocycles. The zero-order chi connectivity index (χ0) is 16.5. The Bertz CT molecular complexity index is 1020. The number of nitrogens with one attached hydrogen (secondary N) is 2. The van der Waals surface area contributed by atoms with Gasteiger partial charge in [0.1, 0.15) is 5.82 Å². The van der Waals surface area contributed by atoms with Crippen molar-refractivity contribution >= 4 is 33.3 Å². The summed E-state index contributed by atoms with van der Waals surface area (Å²) in [5, 5.41) is 6.01. The molecule has 0 saturated heterocycles. The van der Waals surface area contributed by atoms with Gasteiger partial charge in [-0.1, -0.05) is 18.2 Å². The molecular formula is C18H12FN3OS. The molecule has 2 N–H and O–H groups in total. The summed E-state index contributed by atoms with van der Waals surface area (Å²) in [6, 6.07) is 13.7. The number of amides is 1. The van der Waals surface area contributed by atoms with E-state index in [1.165, 1.54) is 23.5 Å². The monoisotopic (exact) mass is 337 g/mol. The topological polar surface area (TPSA) is 57.8 Å². The number of aromatic nitrogens is 2. The fourth-order valence-electron chi connectivity index (χ4n) is 2.51. The summed E-state index contributed by atoms with van der Waals surface area (Å²) < 4.78 is 13.0. The third-order valence-electron chi connectivity index (χ3n) is 3.70. The van der Waals surface area contributed by atoms with E-state index in [1.54, 1.807) is 18.3 Å². The number of benzene rings is 2. The second-order valence-corrected chi connectivity index (χ2v) is 6.10. The highest BCUT2D eigenvalue weighted by Crippen LogP contribution is 2.26. The zero-order valence-corrected chi connectivity index (χ0v) is 13.2. The van der Waals surface area contributed by atoms with Crippen LogP contribution in [0.15, 0.2) is 60.1 Å². The third-order valence-corrected chi connectivity index (χ3v) is 4.46. The van der Waals surface area contributed by atoms with E-state index in [0.29, 0.717) is 16.4 Å². The SMILES string of the molecule is O=C(Nc1nc(-c2ccc(F)cc2)cs1)c1c[nH]c2ccccc12. The van der Waals surface area contributed by atoms with Crippen LogP contribution in [-0.2, 0) is 0 Å². The second kappa shape index (κ2) is 5.90. The van der Waals surface area contributed by atoms with Gasteiger partial charge in [-0.3, -0.25) is 10.1 Å². The van der Waals surface area contributed by atoms with Crippen LogP contribution in [0.4, 0.5) is 9.52 Å². The molecule has 4 nitrogen and oxygen atoms in total. The minimum absolute atomic E-state index is 0.215. The van der Waals surface area contributed by atoms with E-state index in [4.69, 9.17) is 0 Å². The molecule has 0 aliphatic carbocycles. The molecule has 0 unspecified atom stereocenters. The average Bonchev–Trinajstić information content (AvgIpc) is 3.22. The van der Waals surface area contributed by atoms with Gasteiger partial charge in [0.15, 0.2) is 5.13 Å². The smallest absolute Gasteiger partial charge is 0.259 e. The van der Waals surface area contributed by atoms with Crippen molar-refractivity contribution in [2.75, 3.05) is 5.32 Å². The van der Waals surface area contributed by atoms with Crippen molar-refractivity contribution in [2.24, 2.45) is 0 Å². The summed E-state index contributed by atoms with van der Waals surface area (Å²) in [5.41, 5.74) is 2.99. The maximum Gasteiger partial charge on any atom is 0.259 e. The summed E-state index contributed by atoms with van der Waals surface area (Å²) in [7, 11) is 0. The number of para-hydroxylation sites is 1. The maximum atomic E-state index is 13.0. The van der Waals surface area contributed by atoms with Crippen molar-refractivity contribution in [1.29, 1.82) is 0 Å². The standard InChI is InChI=1S/C18H12FN3OS/c19-12-7-5-11(6-8-12)16-10-24-18(21-16)22-17(23)14-9-20-15-4-2-1-3-13(14)15/h1-10,20H,(H,21,22,23). The Morgan fingerprint density at radius 1 is 1.12 bits per heavy atom. The first-order valence-corrected chi connectivity index (χ1v) is 8.17. The maximum absolute atomic E-state index is 13.0. The number of carbonyl (C=O) groups excluding carboxylic acids is 1. The van der Waals surface area contributed by atoms with Crippen LogP contribution < -0.4 is 5.32 Å². The van der Waals surface area contributed by atoms with Crippen LogP contribution in [0.25, 0.3) is 22.2 Å². The predicted octanol–water partition coefficient (Wildman–Crippen LogP) is 4.68.